The van der Waals surface area contributed by atoms with Crippen LogP contribution < -0.4 is 5.32 Å². The van der Waals surface area contributed by atoms with E-state index < -0.39 is 17.4 Å². The zero-order valence-corrected chi connectivity index (χ0v) is 13.4. The topological polar surface area (TPSA) is 61.8 Å². The van der Waals surface area contributed by atoms with Crippen molar-refractivity contribution in [2.45, 2.75) is 37.3 Å². The van der Waals surface area contributed by atoms with Crippen LogP contribution in [0.25, 0.3) is 0 Å². The van der Waals surface area contributed by atoms with Gasteiger partial charge in [0.25, 0.3) is 5.91 Å². The van der Waals surface area contributed by atoms with Gasteiger partial charge in [0.2, 0.25) is 0 Å². The van der Waals surface area contributed by atoms with Crippen molar-refractivity contribution in [2.24, 2.45) is 0 Å². The highest BCUT2D eigenvalue weighted by atomic mass is 19.3. The van der Waals surface area contributed by atoms with Crippen molar-refractivity contribution in [1.82, 2.24) is 4.90 Å². The van der Waals surface area contributed by atoms with Gasteiger partial charge in [-0.1, -0.05) is 12.1 Å². The Hall–Kier alpha value is -1.57. The molecule has 1 aliphatic carbocycles. The maximum Gasteiger partial charge on any atom is 0.352 e. The maximum atomic E-state index is 14.1. The SMILES string of the molecule is O=C(Nc1cccc(CN2CCOCC2)c1)C(F)(F)C1(O)CCC1. The number of carbonyl (C=O) groups is 1. The molecule has 7 heteroatoms. The van der Waals surface area contributed by atoms with Gasteiger partial charge < -0.3 is 15.2 Å². The number of hydrogen-bond donors (Lipinski definition) is 2. The molecule has 2 aliphatic rings. The lowest BCUT2D eigenvalue weighted by atomic mass is 9.75. The average molecular weight is 340 g/mol. The Morgan fingerprint density at radius 3 is 2.67 bits per heavy atom. The number of ether oxygens (including phenoxy) is 1. The third-order valence-corrected chi connectivity index (χ3v) is 4.75. The summed E-state index contributed by atoms with van der Waals surface area (Å²) in [5.41, 5.74) is -0.962. The Kier molecular flexibility index (Phi) is 4.85. The van der Waals surface area contributed by atoms with Gasteiger partial charge in [-0.25, -0.2) is 0 Å². The molecule has 1 aromatic rings. The quantitative estimate of drug-likeness (QED) is 0.861. The number of amides is 1. The molecule has 0 spiro atoms. The van der Waals surface area contributed by atoms with Crippen LogP contribution in [0.2, 0.25) is 0 Å². The standard InChI is InChI=1S/C17H22F2N2O3/c18-17(19,16(23)5-2-6-16)15(22)20-14-4-1-3-13(11-14)12-21-7-9-24-10-8-21/h1,3-4,11,23H,2,5-10,12H2,(H,20,22). The van der Waals surface area contributed by atoms with Gasteiger partial charge in [-0.05, 0) is 37.0 Å². The number of morpholine rings is 1. The Bertz CT molecular complexity index is 599. The first kappa shape index (κ1) is 17.3. The largest absolute Gasteiger partial charge is 0.383 e. The summed E-state index contributed by atoms with van der Waals surface area (Å²) in [6.07, 6.45) is 0.406. The van der Waals surface area contributed by atoms with Crippen LogP contribution in [0, 0.1) is 0 Å². The number of nitrogens with zero attached hydrogens (tertiary/aromatic N) is 1. The lowest BCUT2D eigenvalue weighted by Crippen LogP contribution is -2.59. The lowest BCUT2D eigenvalue weighted by Gasteiger charge is -2.41. The highest BCUT2D eigenvalue weighted by Gasteiger charge is 2.61. The molecular formula is C17H22F2N2O3. The number of hydrogen-bond acceptors (Lipinski definition) is 4. The third-order valence-electron chi connectivity index (χ3n) is 4.75. The van der Waals surface area contributed by atoms with Crippen LogP contribution in [-0.2, 0) is 16.1 Å². The number of anilines is 1. The Morgan fingerprint density at radius 1 is 1.33 bits per heavy atom. The maximum absolute atomic E-state index is 14.1. The summed E-state index contributed by atoms with van der Waals surface area (Å²) in [6, 6.07) is 6.88. The normalized spacial score (nSPS) is 21.1. The van der Waals surface area contributed by atoms with Crippen LogP contribution in [0.15, 0.2) is 24.3 Å². The van der Waals surface area contributed by atoms with Gasteiger partial charge in [-0.15, -0.1) is 0 Å². The second-order valence-corrected chi connectivity index (χ2v) is 6.50. The summed E-state index contributed by atoms with van der Waals surface area (Å²) < 4.78 is 33.5. The molecule has 1 aromatic carbocycles. The van der Waals surface area contributed by atoms with Gasteiger partial charge in [-0.2, -0.15) is 8.78 Å². The van der Waals surface area contributed by atoms with Crippen LogP contribution in [0.5, 0.6) is 0 Å². The van der Waals surface area contributed by atoms with Crippen LogP contribution >= 0.6 is 0 Å². The summed E-state index contributed by atoms with van der Waals surface area (Å²) >= 11 is 0. The minimum atomic E-state index is -3.79. The van der Waals surface area contributed by atoms with E-state index >= 15 is 0 Å². The second kappa shape index (κ2) is 6.74. The fraction of sp³-hybridized carbons (Fsp3) is 0.588. The van der Waals surface area contributed by atoms with E-state index in [1.165, 1.54) is 0 Å². The van der Waals surface area contributed by atoms with Gasteiger partial charge in [0.05, 0.1) is 13.2 Å². The fourth-order valence-electron chi connectivity index (χ4n) is 3.01. The number of aliphatic hydroxyl groups is 1. The summed E-state index contributed by atoms with van der Waals surface area (Å²) in [6.45, 7) is 3.68. The minimum Gasteiger partial charge on any atom is -0.383 e. The van der Waals surface area contributed by atoms with E-state index in [0.29, 0.717) is 31.9 Å². The van der Waals surface area contributed by atoms with Gasteiger partial charge in [0.15, 0.2) is 0 Å². The van der Waals surface area contributed by atoms with E-state index in [1.807, 2.05) is 6.07 Å². The van der Waals surface area contributed by atoms with Gasteiger partial charge in [-0.3, -0.25) is 9.69 Å². The molecule has 132 valence electrons. The zero-order chi connectivity index (χ0) is 17.2. The number of halogens is 2. The number of carbonyl (C=O) groups excluding carboxylic acids is 1. The van der Waals surface area contributed by atoms with Crippen molar-refractivity contribution < 1.29 is 23.4 Å². The molecule has 1 amide bonds. The first-order chi connectivity index (χ1) is 11.4. The first-order valence-corrected chi connectivity index (χ1v) is 8.21. The molecule has 1 heterocycles. The second-order valence-electron chi connectivity index (χ2n) is 6.50. The molecule has 1 saturated carbocycles. The molecule has 1 saturated heterocycles. The van der Waals surface area contributed by atoms with Crippen molar-refractivity contribution in [3.8, 4) is 0 Å². The molecule has 0 bridgehead atoms. The van der Waals surface area contributed by atoms with E-state index in [-0.39, 0.29) is 12.8 Å². The molecule has 3 rings (SSSR count). The van der Waals surface area contributed by atoms with Crippen molar-refractivity contribution in [3.05, 3.63) is 29.8 Å². The molecule has 24 heavy (non-hydrogen) atoms. The summed E-state index contributed by atoms with van der Waals surface area (Å²) in [5.74, 6) is -5.24. The number of benzene rings is 1. The summed E-state index contributed by atoms with van der Waals surface area (Å²) in [7, 11) is 0. The van der Waals surface area contributed by atoms with Crippen molar-refractivity contribution in [3.63, 3.8) is 0 Å². The molecule has 0 unspecified atom stereocenters. The van der Waals surface area contributed by atoms with E-state index in [0.717, 1.165) is 18.7 Å². The highest BCUT2D eigenvalue weighted by Crippen LogP contribution is 2.44. The van der Waals surface area contributed by atoms with E-state index in [1.54, 1.807) is 18.2 Å². The Morgan fingerprint density at radius 2 is 2.04 bits per heavy atom. The Labute approximate surface area is 139 Å². The Balaban J connectivity index is 1.64. The number of nitrogens with one attached hydrogen (secondary N) is 1. The average Bonchev–Trinajstić information content (AvgIpc) is 2.53. The highest BCUT2D eigenvalue weighted by molar-refractivity contribution is 5.97. The minimum absolute atomic E-state index is 0.0511. The van der Waals surface area contributed by atoms with Crippen LogP contribution in [0.1, 0.15) is 24.8 Å². The van der Waals surface area contributed by atoms with Crippen molar-refractivity contribution in [2.75, 3.05) is 31.6 Å². The van der Waals surface area contributed by atoms with Crippen molar-refractivity contribution in [1.29, 1.82) is 0 Å². The lowest BCUT2D eigenvalue weighted by molar-refractivity contribution is -0.212. The van der Waals surface area contributed by atoms with Crippen LogP contribution in [0.4, 0.5) is 14.5 Å². The number of alkyl halides is 2. The van der Waals surface area contributed by atoms with Crippen LogP contribution in [-0.4, -0.2) is 53.7 Å². The summed E-state index contributed by atoms with van der Waals surface area (Å²) in [5, 5.41) is 12.1. The van der Waals surface area contributed by atoms with Crippen molar-refractivity contribution >= 4 is 11.6 Å². The van der Waals surface area contributed by atoms with Gasteiger partial charge >= 0.3 is 5.92 Å². The first-order valence-electron chi connectivity index (χ1n) is 8.21. The number of rotatable bonds is 5. The van der Waals surface area contributed by atoms with Gasteiger partial charge in [0.1, 0.15) is 5.60 Å². The molecule has 0 aromatic heterocycles. The van der Waals surface area contributed by atoms with E-state index in [4.69, 9.17) is 4.74 Å². The van der Waals surface area contributed by atoms with E-state index in [9.17, 15) is 18.7 Å². The summed E-state index contributed by atoms with van der Waals surface area (Å²) in [4.78, 5) is 14.1. The smallest absolute Gasteiger partial charge is 0.352 e. The monoisotopic (exact) mass is 340 g/mol. The zero-order valence-electron chi connectivity index (χ0n) is 13.4. The molecule has 0 atom stereocenters. The fourth-order valence-corrected chi connectivity index (χ4v) is 3.01. The molecule has 2 fully saturated rings. The molecule has 0 radical (unpaired) electrons. The molecule has 1 aliphatic heterocycles. The van der Waals surface area contributed by atoms with Crippen LogP contribution in [0.3, 0.4) is 0 Å². The molecule has 5 nitrogen and oxygen atoms in total. The predicted octanol–water partition coefficient (Wildman–Crippen LogP) is 2.01. The predicted molar refractivity (Wildman–Crippen MR) is 84.9 cm³/mol. The third kappa shape index (κ3) is 3.43. The molecular weight excluding hydrogens is 318 g/mol. The van der Waals surface area contributed by atoms with Gasteiger partial charge in [0, 0.05) is 25.3 Å². The van der Waals surface area contributed by atoms with E-state index in [2.05, 4.69) is 10.2 Å². The molecule has 2 N–H and O–H groups in total.